The molecule has 24 heavy (non-hydrogen) atoms. The second kappa shape index (κ2) is 7.81. The number of fused-ring (bicyclic) bond motifs is 1. The zero-order chi connectivity index (χ0) is 17.7. The minimum absolute atomic E-state index is 0.00121. The van der Waals surface area contributed by atoms with Crippen LogP contribution in [-0.4, -0.2) is 18.0 Å². The third-order valence-corrected chi connectivity index (χ3v) is 4.43. The van der Waals surface area contributed by atoms with Crippen molar-refractivity contribution in [1.82, 2.24) is 10.6 Å². The maximum atomic E-state index is 12.5. The van der Waals surface area contributed by atoms with Gasteiger partial charge in [-0.25, -0.2) is 4.79 Å². The molecule has 5 nitrogen and oxygen atoms in total. The van der Waals surface area contributed by atoms with E-state index in [2.05, 4.69) is 22.8 Å². The van der Waals surface area contributed by atoms with Gasteiger partial charge in [-0.05, 0) is 35.2 Å². The van der Waals surface area contributed by atoms with Gasteiger partial charge in [0, 0.05) is 0 Å². The van der Waals surface area contributed by atoms with Crippen molar-refractivity contribution in [3.8, 4) is 0 Å². The Morgan fingerprint density at radius 2 is 1.71 bits per heavy atom. The molecule has 0 aromatic heterocycles. The molecule has 0 aliphatic heterocycles. The predicted octanol–water partition coefficient (Wildman–Crippen LogP) is 3.10. The van der Waals surface area contributed by atoms with Crippen LogP contribution in [0.2, 0.25) is 0 Å². The van der Waals surface area contributed by atoms with E-state index < -0.39 is 12.1 Å². The van der Waals surface area contributed by atoms with Crippen molar-refractivity contribution in [2.24, 2.45) is 11.7 Å². The number of nitrogens with two attached hydrogens (primary N) is 1. The fraction of sp³-hybridized carbons (Fsp3) is 0.368. The highest BCUT2D eigenvalue weighted by Crippen LogP contribution is 2.20. The molecular formula is C19H25N3O2. The highest BCUT2D eigenvalue weighted by molar-refractivity contribution is 5.87. The first-order chi connectivity index (χ1) is 11.4. The van der Waals surface area contributed by atoms with Gasteiger partial charge in [-0.2, -0.15) is 0 Å². The SMILES string of the molecule is CCC(C)C(NC(N)=O)C(=O)NC(C)c1ccc2ccccc2c1. The average molecular weight is 327 g/mol. The Hall–Kier alpha value is -2.56. The molecule has 3 amide bonds. The molecule has 2 aromatic rings. The first kappa shape index (κ1) is 17.8. The van der Waals surface area contributed by atoms with E-state index in [0.717, 1.165) is 22.8 Å². The number of carbonyl (C=O) groups excluding carboxylic acids is 2. The zero-order valence-corrected chi connectivity index (χ0v) is 14.4. The van der Waals surface area contributed by atoms with Crippen LogP contribution >= 0.6 is 0 Å². The first-order valence-corrected chi connectivity index (χ1v) is 8.27. The second-order valence-corrected chi connectivity index (χ2v) is 6.21. The molecule has 2 rings (SSSR count). The highest BCUT2D eigenvalue weighted by atomic mass is 16.2. The van der Waals surface area contributed by atoms with E-state index in [1.807, 2.05) is 51.1 Å². The number of amides is 3. The smallest absolute Gasteiger partial charge is 0.312 e. The van der Waals surface area contributed by atoms with Crippen LogP contribution < -0.4 is 16.4 Å². The lowest BCUT2D eigenvalue weighted by Crippen LogP contribution is -2.52. The number of carbonyl (C=O) groups is 2. The Morgan fingerprint density at radius 3 is 2.33 bits per heavy atom. The van der Waals surface area contributed by atoms with Crippen LogP contribution in [0.1, 0.15) is 38.8 Å². The van der Waals surface area contributed by atoms with Gasteiger partial charge in [0.2, 0.25) is 5.91 Å². The molecule has 0 spiro atoms. The van der Waals surface area contributed by atoms with Gasteiger partial charge in [0.15, 0.2) is 0 Å². The van der Waals surface area contributed by atoms with E-state index in [1.165, 1.54) is 0 Å². The molecule has 0 bridgehead atoms. The number of rotatable bonds is 6. The van der Waals surface area contributed by atoms with Crippen molar-refractivity contribution < 1.29 is 9.59 Å². The highest BCUT2D eigenvalue weighted by Gasteiger charge is 2.26. The van der Waals surface area contributed by atoms with Crippen LogP contribution in [0.5, 0.6) is 0 Å². The lowest BCUT2D eigenvalue weighted by Gasteiger charge is -2.25. The summed E-state index contributed by atoms with van der Waals surface area (Å²) >= 11 is 0. The lowest BCUT2D eigenvalue weighted by molar-refractivity contribution is -0.124. The molecule has 0 radical (unpaired) electrons. The summed E-state index contributed by atoms with van der Waals surface area (Å²) < 4.78 is 0. The molecule has 0 saturated heterocycles. The molecule has 128 valence electrons. The molecule has 5 heteroatoms. The molecule has 3 unspecified atom stereocenters. The van der Waals surface area contributed by atoms with Gasteiger partial charge in [0.05, 0.1) is 6.04 Å². The Morgan fingerprint density at radius 1 is 1.04 bits per heavy atom. The van der Waals surface area contributed by atoms with E-state index >= 15 is 0 Å². The van der Waals surface area contributed by atoms with Gasteiger partial charge < -0.3 is 16.4 Å². The van der Waals surface area contributed by atoms with Crippen molar-refractivity contribution in [3.63, 3.8) is 0 Å². The van der Waals surface area contributed by atoms with Crippen molar-refractivity contribution in [3.05, 3.63) is 48.0 Å². The summed E-state index contributed by atoms with van der Waals surface area (Å²) in [6, 6.07) is 12.7. The van der Waals surface area contributed by atoms with Gasteiger partial charge in [-0.1, -0.05) is 56.7 Å². The van der Waals surface area contributed by atoms with E-state index in [4.69, 9.17) is 5.73 Å². The Kier molecular flexibility index (Phi) is 5.79. The fourth-order valence-electron chi connectivity index (χ4n) is 2.72. The quantitative estimate of drug-likeness (QED) is 0.761. The van der Waals surface area contributed by atoms with Gasteiger partial charge in [-0.3, -0.25) is 4.79 Å². The van der Waals surface area contributed by atoms with Crippen molar-refractivity contribution in [1.29, 1.82) is 0 Å². The predicted molar refractivity (Wildman–Crippen MR) is 96.5 cm³/mol. The minimum atomic E-state index is -0.686. The number of benzene rings is 2. The number of urea groups is 1. The molecule has 3 atom stereocenters. The maximum absolute atomic E-state index is 12.5. The number of primary amides is 1. The lowest BCUT2D eigenvalue weighted by atomic mass is 9.97. The van der Waals surface area contributed by atoms with Crippen LogP contribution in [0.4, 0.5) is 4.79 Å². The van der Waals surface area contributed by atoms with Crippen LogP contribution in [0.15, 0.2) is 42.5 Å². The van der Waals surface area contributed by atoms with E-state index in [0.29, 0.717) is 0 Å². The normalized spacial score (nSPS) is 14.6. The Balaban J connectivity index is 2.14. The Labute approximate surface area is 142 Å². The molecule has 0 saturated carbocycles. The summed E-state index contributed by atoms with van der Waals surface area (Å²) in [5.41, 5.74) is 6.22. The second-order valence-electron chi connectivity index (χ2n) is 6.21. The molecule has 0 fully saturated rings. The van der Waals surface area contributed by atoms with Gasteiger partial charge in [-0.15, -0.1) is 0 Å². The Bertz CT molecular complexity index is 729. The largest absolute Gasteiger partial charge is 0.352 e. The third kappa shape index (κ3) is 4.25. The molecule has 0 aliphatic carbocycles. The monoisotopic (exact) mass is 327 g/mol. The first-order valence-electron chi connectivity index (χ1n) is 8.27. The number of hydrogen-bond donors (Lipinski definition) is 3. The number of nitrogens with one attached hydrogen (secondary N) is 2. The molecular weight excluding hydrogens is 302 g/mol. The fourth-order valence-corrected chi connectivity index (χ4v) is 2.72. The third-order valence-electron chi connectivity index (χ3n) is 4.43. The van der Waals surface area contributed by atoms with Crippen molar-refractivity contribution in [2.75, 3.05) is 0 Å². The van der Waals surface area contributed by atoms with Crippen molar-refractivity contribution in [2.45, 2.75) is 39.3 Å². The maximum Gasteiger partial charge on any atom is 0.312 e. The molecule has 0 aliphatic rings. The molecule has 4 N–H and O–H groups in total. The zero-order valence-electron chi connectivity index (χ0n) is 14.4. The average Bonchev–Trinajstić information content (AvgIpc) is 2.58. The summed E-state index contributed by atoms with van der Waals surface area (Å²) in [6.07, 6.45) is 0.767. The number of hydrogen-bond acceptors (Lipinski definition) is 2. The summed E-state index contributed by atoms with van der Waals surface area (Å²) in [6.45, 7) is 5.82. The minimum Gasteiger partial charge on any atom is -0.352 e. The summed E-state index contributed by atoms with van der Waals surface area (Å²) in [5, 5.41) is 7.81. The van der Waals surface area contributed by atoms with Crippen LogP contribution in [-0.2, 0) is 4.79 Å². The van der Waals surface area contributed by atoms with E-state index in [1.54, 1.807) is 0 Å². The van der Waals surface area contributed by atoms with Crippen LogP contribution in [0.25, 0.3) is 10.8 Å². The van der Waals surface area contributed by atoms with Gasteiger partial charge >= 0.3 is 6.03 Å². The summed E-state index contributed by atoms with van der Waals surface area (Å²) in [4.78, 5) is 23.7. The summed E-state index contributed by atoms with van der Waals surface area (Å²) in [7, 11) is 0. The van der Waals surface area contributed by atoms with Crippen LogP contribution in [0, 0.1) is 5.92 Å². The van der Waals surface area contributed by atoms with Crippen molar-refractivity contribution >= 4 is 22.7 Å². The topological polar surface area (TPSA) is 84.2 Å². The molecule has 2 aromatic carbocycles. The molecule has 0 heterocycles. The summed E-state index contributed by atoms with van der Waals surface area (Å²) in [5.74, 6) is -0.217. The standard InChI is InChI=1S/C19H25N3O2/c1-4-12(2)17(22-19(20)24)18(23)21-13(3)15-10-9-14-7-5-6-8-16(14)11-15/h5-13,17H,4H2,1-3H3,(H,21,23)(H3,20,22,24). The van der Waals surface area contributed by atoms with Gasteiger partial charge in [0.1, 0.15) is 6.04 Å². The van der Waals surface area contributed by atoms with Crippen LogP contribution in [0.3, 0.4) is 0 Å². The van der Waals surface area contributed by atoms with Gasteiger partial charge in [0.25, 0.3) is 0 Å². The van der Waals surface area contributed by atoms with E-state index in [9.17, 15) is 9.59 Å². The van der Waals surface area contributed by atoms with E-state index in [-0.39, 0.29) is 17.9 Å².